The molecule has 0 N–H and O–H groups in total. The van der Waals surface area contributed by atoms with Gasteiger partial charge in [0.15, 0.2) is 0 Å². The van der Waals surface area contributed by atoms with Crippen LogP contribution in [-0.2, 0) is 4.79 Å². The Morgan fingerprint density at radius 2 is 1.77 bits per heavy atom. The number of likely N-dealkylation sites (N-methyl/N-ethyl adjacent to an activating group) is 2. The predicted molar refractivity (Wildman–Crippen MR) is 52.6 cm³/mol. The maximum absolute atomic E-state index is 11.6. The molecule has 4 nitrogen and oxygen atoms in total. The summed E-state index contributed by atoms with van der Waals surface area (Å²) in [6.07, 6.45) is 0. The molecule has 1 aliphatic heterocycles. The van der Waals surface area contributed by atoms with Gasteiger partial charge >= 0.3 is 0 Å². The lowest BCUT2D eigenvalue weighted by Gasteiger charge is -2.33. The predicted octanol–water partition coefficient (Wildman–Crippen LogP) is -0.678. The number of carbonyl (C=O) groups is 1. The lowest BCUT2D eigenvalue weighted by molar-refractivity contribution is -0.133. The summed E-state index contributed by atoms with van der Waals surface area (Å²) in [5.74, 6) is 0.248. The number of nitrogens with zero attached hydrogens (tertiary/aromatic N) is 3. The maximum atomic E-state index is 11.6. The summed E-state index contributed by atoms with van der Waals surface area (Å²) in [5, 5.41) is 0. The van der Waals surface area contributed by atoms with Crippen LogP contribution < -0.4 is 0 Å². The molecule has 1 fully saturated rings. The molecule has 0 spiro atoms. The molecular formula is C9H19N3O. The van der Waals surface area contributed by atoms with Gasteiger partial charge in [0.05, 0.1) is 6.54 Å². The third-order valence-electron chi connectivity index (χ3n) is 2.31. The second-order valence-corrected chi connectivity index (χ2v) is 3.92. The minimum absolute atomic E-state index is 0.248. The highest BCUT2D eigenvalue weighted by Gasteiger charge is 2.18. The van der Waals surface area contributed by atoms with Crippen LogP contribution in [-0.4, -0.2) is 74.5 Å². The molecule has 0 bridgehead atoms. The van der Waals surface area contributed by atoms with Crippen LogP contribution in [0.25, 0.3) is 0 Å². The first-order chi connectivity index (χ1) is 6.09. The summed E-state index contributed by atoms with van der Waals surface area (Å²) in [6.45, 7) is 4.29. The molecule has 0 unspecified atom stereocenters. The molecule has 1 rings (SSSR count). The van der Waals surface area contributed by atoms with E-state index in [1.165, 1.54) is 0 Å². The highest BCUT2D eigenvalue weighted by Crippen LogP contribution is 1.99. The van der Waals surface area contributed by atoms with Crippen LogP contribution in [0.1, 0.15) is 0 Å². The highest BCUT2D eigenvalue weighted by molar-refractivity contribution is 5.78. The van der Waals surface area contributed by atoms with Crippen molar-refractivity contribution in [2.45, 2.75) is 0 Å². The van der Waals surface area contributed by atoms with Gasteiger partial charge in [-0.15, -0.1) is 0 Å². The molecule has 1 amide bonds. The van der Waals surface area contributed by atoms with Gasteiger partial charge in [0.1, 0.15) is 0 Å². The van der Waals surface area contributed by atoms with E-state index in [1.54, 1.807) is 0 Å². The van der Waals surface area contributed by atoms with Gasteiger partial charge in [0.25, 0.3) is 0 Å². The Balaban J connectivity index is 2.31. The largest absolute Gasteiger partial charge is 0.339 e. The molecular weight excluding hydrogens is 166 g/mol. The van der Waals surface area contributed by atoms with E-state index >= 15 is 0 Å². The van der Waals surface area contributed by atoms with E-state index in [4.69, 9.17) is 0 Å². The molecule has 1 heterocycles. The molecule has 0 aromatic rings. The minimum Gasteiger partial charge on any atom is -0.339 e. The second-order valence-electron chi connectivity index (χ2n) is 3.92. The normalized spacial score (nSPS) is 19.5. The number of hydrogen-bond acceptors (Lipinski definition) is 3. The van der Waals surface area contributed by atoms with Gasteiger partial charge in [-0.25, -0.2) is 0 Å². The Morgan fingerprint density at radius 1 is 1.23 bits per heavy atom. The van der Waals surface area contributed by atoms with E-state index in [9.17, 15) is 4.79 Å². The Kier molecular flexibility index (Phi) is 3.69. The lowest BCUT2D eigenvalue weighted by atomic mass is 10.3. The molecule has 0 aliphatic carbocycles. The van der Waals surface area contributed by atoms with E-state index in [1.807, 2.05) is 23.9 Å². The van der Waals surface area contributed by atoms with Crippen molar-refractivity contribution in [3.63, 3.8) is 0 Å². The van der Waals surface area contributed by atoms with Gasteiger partial charge < -0.3 is 14.7 Å². The van der Waals surface area contributed by atoms with Gasteiger partial charge in [-0.05, 0) is 21.1 Å². The Hall–Kier alpha value is -0.610. The third kappa shape index (κ3) is 3.32. The standard InChI is InChI=1S/C9H19N3O/c1-10(2)8-9(13)12-6-4-11(3)5-7-12/h4-8H2,1-3H3. The van der Waals surface area contributed by atoms with Gasteiger partial charge in [-0.1, -0.05) is 0 Å². The van der Waals surface area contributed by atoms with Crippen molar-refractivity contribution in [1.29, 1.82) is 0 Å². The van der Waals surface area contributed by atoms with E-state index in [-0.39, 0.29) is 5.91 Å². The van der Waals surface area contributed by atoms with Gasteiger partial charge in [0.2, 0.25) is 5.91 Å². The summed E-state index contributed by atoms with van der Waals surface area (Å²) >= 11 is 0. The first kappa shape index (κ1) is 10.5. The highest BCUT2D eigenvalue weighted by atomic mass is 16.2. The second kappa shape index (κ2) is 4.58. The quantitative estimate of drug-likeness (QED) is 0.570. The SMILES string of the molecule is CN(C)CC(=O)N1CCN(C)CC1. The van der Waals surface area contributed by atoms with Crippen LogP contribution in [0.4, 0.5) is 0 Å². The van der Waals surface area contributed by atoms with Crippen LogP contribution in [0.2, 0.25) is 0 Å². The zero-order chi connectivity index (χ0) is 9.84. The van der Waals surface area contributed by atoms with Crippen molar-refractivity contribution in [3.05, 3.63) is 0 Å². The molecule has 0 aromatic carbocycles. The fraction of sp³-hybridized carbons (Fsp3) is 0.889. The fourth-order valence-corrected chi connectivity index (χ4v) is 1.43. The zero-order valence-corrected chi connectivity index (χ0v) is 8.79. The Morgan fingerprint density at radius 3 is 2.23 bits per heavy atom. The average Bonchev–Trinajstić information content (AvgIpc) is 2.04. The van der Waals surface area contributed by atoms with Crippen molar-refractivity contribution in [2.75, 3.05) is 53.9 Å². The van der Waals surface area contributed by atoms with Gasteiger partial charge in [0, 0.05) is 26.2 Å². The maximum Gasteiger partial charge on any atom is 0.236 e. The molecule has 13 heavy (non-hydrogen) atoms. The lowest BCUT2D eigenvalue weighted by Crippen LogP contribution is -2.49. The topological polar surface area (TPSA) is 26.8 Å². The van der Waals surface area contributed by atoms with Crippen LogP contribution in [0, 0.1) is 0 Å². The van der Waals surface area contributed by atoms with E-state index in [0.29, 0.717) is 6.54 Å². The Labute approximate surface area is 80.1 Å². The summed E-state index contributed by atoms with van der Waals surface area (Å²) in [6, 6.07) is 0. The van der Waals surface area contributed by atoms with Crippen molar-refractivity contribution in [1.82, 2.24) is 14.7 Å². The molecule has 1 saturated heterocycles. The fourth-order valence-electron chi connectivity index (χ4n) is 1.43. The van der Waals surface area contributed by atoms with E-state index < -0.39 is 0 Å². The molecule has 0 atom stereocenters. The number of carbonyl (C=O) groups excluding carboxylic acids is 1. The van der Waals surface area contributed by atoms with Crippen molar-refractivity contribution >= 4 is 5.91 Å². The van der Waals surface area contributed by atoms with Crippen LogP contribution in [0.5, 0.6) is 0 Å². The first-order valence-electron chi connectivity index (χ1n) is 4.70. The van der Waals surface area contributed by atoms with Gasteiger partial charge in [-0.3, -0.25) is 4.79 Å². The van der Waals surface area contributed by atoms with Gasteiger partial charge in [-0.2, -0.15) is 0 Å². The molecule has 0 aromatic heterocycles. The third-order valence-corrected chi connectivity index (χ3v) is 2.31. The first-order valence-corrected chi connectivity index (χ1v) is 4.70. The smallest absolute Gasteiger partial charge is 0.236 e. The molecule has 0 saturated carbocycles. The molecule has 4 heteroatoms. The number of hydrogen-bond donors (Lipinski definition) is 0. The van der Waals surface area contributed by atoms with E-state index in [2.05, 4.69) is 11.9 Å². The van der Waals surface area contributed by atoms with Crippen LogP contribution in [0.3, 0.4) is 0 Å². The Bertz CT molecular complexity index is 174. The van der Waals surface area contributed by atoms with Crippen LogP contribution >= 0.6 is 0 Å². The number of piperazine rings is 1. The summed E-state index contributed by atoms with van der Waals surface area (Å²) in [7, 11) is 5.94. The molecule has 1 aliphatic rings. The monoisotopic (exact) mass is 185 g/mol. The van der Waals surface area contributed by atoms with E-state index in [0.717, 1.165) is 26.2 Å². The number of rotatable bonds is 2. The molecule has 0 radical (unpaired) electrons. The summed E-state index contributed by atoms with van der Waals surface area (Å²) < 4.78 is 0. The van der Waals surface area contributed by atoms with Crippen molar-refractivity contribution < 1.29 is 4.79 Å². The minimum atomic E-state index is 0.248. The summed E-state index contributed by atoms with van der Waals surface area (Å²) in [5.41, 5.74) is 0. The van der Waals surface area contributed by atoms with Crippen molar-refractivity contribution in [3.8, 4) is 0 Å². The van der Waals surface area contributed by atoms with Crippen LogP contribution in [0.15, 0.2) is 0 Å². The summed E-state index contributed by atoms with van der Waals surface area (Å²) in [4.78, 5) is 17.7. The number of amides is 1. The molecule has 76 valence electrons. The average molecular weight is 185 g/mol. The zero-order valence-electron chi connectivity index (χ0n) is 8.79. The van der Waals surface area contributed by atoms with Crippen molar-refractivity contribution in [2.24, 2.45) is 0 Å².